The third-order valence-electron chi connectivity index (χ3n) is 4.55. The van der Waals surface area contributed by atoms with Crippen LogP contribution in [0.25, 0.3) is 0 Å². The molecule has 144 valence electrons. The Hall–Kier alpha value is -3.68. The van der Waals surface area contributed by atoms with Gasteiger partial charge in [0, 0.05) is 12.1 Å². The normalized spacial score (nSPS) is 18.5. The fourth-order valence-electron chi connectivity index (χ4n) is 3.11. The zero-order chi connectivity index (χ0) is 20.1. The predicted molar refractivity (Wildman–Crippen MR) is 101 cm³/mol. The van der Waals surface area contributed by atoms with E-state index in [1.165, 1.54) is 4.90 Å². The van der Waals surface area contributed by atoms with Crippen LogP contribution in [0.1, 0.15) is 19.8 Å². The molecule has 1 fully saturated rings. The van der Waals surface area contributed by atoms with Gasteiger partial charge in [-0.25, -0.2) is 4.79 Å². The number of amides is 5. The van der Waals surface area contributed by atoms with Crippen molar-refractivity contribution in [2.45, 2.75) is 25.3 Å². The number of rotatable bonds is 5. The highest BCUT2D eigenvalue weighted by Gasteiger charge is 2.48. The Morgan fingerprint density at radius 3 is 2.36 bits per heavy atom. The monoisotopic (exact) mass is 381 g/mol. The molecule has 1 atom stereocenters. The summed E-state index contributed by atoms with van der Waals surface area (Å²) in [5.41, 5.74) is -0.740. The Morgan fingerprint density at radius 2 is 1.71 bits per heavy atom. The molecule has 8 heteroatoms. The highest BCUT2D eigenvalue weighted by Crippen LogP contribution is 2.36. The van der Waals surface area contributed by atoms with Crippen LogP contribution in [-0.2, 0) is 14.4 Å². The van der Waals surface area contributed by atoms with E-state index in [4.69, 9.17) is 4.74 Å². The quantitative estimate of drug-likeness (QED) is 0.774. The zero-order valence-corrected chi connectivity index (χ0v) is 15.2. The number of ether oxygens (including phenoxy) is 1. The van der Waals surface area contributed by atoms with Crippen LogP contribution in [0.4, 0.5) is 10.5 Å². The average molecular weight is 381 g/mol. The first-order valence-electron chi connectivity index (χ1n) is 8.65. The topological polar surface area (TPSA) is 105 Å². The molecule has 0 spiro atoms. The molecule has 0 aromatic heterocycles. The molecular formula is C20H19N3O5. The van der Waals surface area contributed by atoms with Gasteiger partial charge in [-0.1, -0.05) is 18.2 Å². The number of urea groups is 1. The fourth-order valence-corrected chi connectivity index (χ4v) is 3.11. The van der Waals surface area contributed by atoms with Crippen molar-refractivity contribution < 1.29 is 23.9 Å². The van der Waals surface area contributed by atoms with Crippen LogP contribution in [-0.4, -0.2) is 29.8 Å². The number of imide groups is 2. The first-order chi connectivity index (χ1) is 13.4. The molecule has 0 saturated carbocycles. The summed E-state index contributed by atoms with van der Waals surface area (Å²) in [6, 6.07) is 15.1. The SMILES string of the molecule is CC1(C(=O)NC(=O)NC=O)CCC(=O)N1c1ccc(Oc2ccccc2)cc1. The predicted octanol–water partition coefficient (Wildman–Crippen LogP) is 2.35. The fraction of sp³-hybridized carbons (Fsp3) is 0.200. The zero-order valence-electron chi connectivity index (χ0n) is 15.2. The lowest BCUT2D eigenvalue weighted by molar-refractivity contribution is -0.126. The molecule has 3 rings (SSSR count). The highest BCUT2D eigenvalue weighted by atomic mass is 16.5. The number of nitrogens with zero attached hydrogens (tertiary/aromatic N) is 1. The van der Waals surface area contributed by atoms with Gasteiger partial charge in [-0.2, -0.15) is 0 Å². The Labute approximate surface area is 161 Å². The van der Waals surface area contributed by atoms with Crippen molar-refractivity contribution in [3.8, 4) is 11.5 Å². The van der Waals surface area contributed by atoms with Crippen molar-refractivity contribution >= 4 is 29.9 Å². The standard InChI is InChI=1S/C20H19N3O5/c1-20(18(26)22-19(27)21-13-24)12-11-17(25)23(20)14-7-9-16(10-8-14)28-15-5-3-2-4-6-15/h2-10,13H,11-12H2,1H3,(H2,21,22,24,26,27). The summed E-state index contributed by atoms with van der Waals surface area (Å²) in [7, 11) is 0. The summed E-state index contributed by atoms with van der Waals surface area (Å²) in [5, 5.41) is 3.93. The number of hydrogen-bond acceptors (Lipinski definition) is 5. The molecule has 0 bridgehead atoms. The van der Waals surface area contributed by atoms with Crippen LogP contribution in [0.5, 0.6) is 11.5 Å². The number of benzene rings is 2. The van der Waals surface area contributed by atoms with E-state index >= 15 is 0 Å². The van der Waals surface area contributed by atoms with Gasteiger partial charge >= 0.3 is 6.03 Å². The Balaban J connectivity index is 1.79. The van der Waals surface area contributed by atoms with Crippen molar-refractivity contribution in [1.82, 2.24) is 10.6 Å². The molecule has 1 heterocycles. The molecule has 1 aliphatic rings. The molecular weight excluding hydrogens is 362 g/mol. The lowest BCUT2D eigenvalue weighted by atomic mass is 9.97. The van der Waals surface area contributed by atoms with Crippen LogP contribution >= 0.6 is 0 Å². The van der Waals surface area contributed by atoms with E-state index < -0.39 is 17.5 Å². The van der Waals surface area contributed by atoms with E-state index in [1.807, 2.05) is 35.6 Å². The van der Waals surface area contributed by atoms with Crippen LogP contribution in [0.2, 0.25) is 0 Å². The number of carbonyl (C=O) groups is 4. The molecule has 8 nitrogen and oxygen atoms in total. The van der Waals surface area contributed by atoms with Gasteiger partial charge in [0.25, 0.3) is 5.91 Å². The Bertz CT molecular complexity index is 898. The maximum Gasteiger partial charge on any atom is 0.327 e. The van der Waals surface area contributed by atoms with E-state index in [2.05, 4.69) is 5.32 Å². The van der Waals surface area contributed by atoms with Crippen LogP contribution < -0.4 is 20.3 Å². The van der Waals surface area contributed by atoms with E-state index in [0.29, 0.717) is 17.2 Å². The minimum absolute atomic E-state index is 0.168. The summed E-state index contributed by atoms with van der Waals surface area (Å²) in [5.74, 6) is 0.364. The molecule has 5 amide bonds. The van der Waals surface area contributed by atoms with Crippen molar-refractivity contribution in [2.24, 2.45) is 0 Å². The maximum atomic E-state index is 12.6. The second kappa shape index (κ2) is 7.91. The lowest BCUT2D eigenvalue weighted by Gasteiger charge is -2.33. The minimum Gasteiger partial charge on any atom is -0.457 e. The first-order valence-corrected chi connectivity index (χ1v) is 8.65. The van der Waals surface area contributed by atoms with Crippen molar-refractivity contribution in [3.63, 3.8) is 0 Å². The third-order valence-corrected chi connectivity index (χ3v) is 4.55. The number of nitrogens with one attached hydrogen (secondary N) is 2. The van der Waals surface area contributed by atoms with Gasteiger partial charge < -0.3 is 4.74 Å². The second-order valence-electron chi connectivity index (χ2n) is 6.46. The average Bonchev–Trinajstić information content (AvgIpc) is 2.99. The number of para-hydroxylation sites is 1. The second-order valence-corrected chi connectivity index (χ2v) is 6.46. The van der Waals surface area contributed by atoms with E-state index in [9.17, 15) is 19.2 Å². The van der Waals surface area contributed by atoms with Crippen molar-refractivity contribution in [3.05, 3.63) is 54.6 Å². The van der Waals surface area contributed by atoms with Gasteiger partial charge in [0.15, 0.2) is 0 Å². The van der Waals surface area contributed by atoms with E-state index in [-0.39, 0.29) is 25.2 Å². The van der Waals surface area contributed by atoms with Crippen LogP contribution in [0.15, 0.2) is 54.6 Å². The van der Waals surface area contributed by atoms with E-state index in [1.54, 1.807) is 31.2 Å². The molecule has 0 radical (unpaired) electrons. The molecule has 0 aliphatic carbocycles. The lowest BCUT2D eigenvalue weighted by Crippen LogP contribution is -2.57. The molecule has 2 aromatic carbocycles. The first kappa shape index (κ1) is 19.1. The smallest absolute Gasteiger partial charge is 0.327 e. The highest BCUT2D eigenvalue weighted by molar-refractivity contribution is 6.10. The van der Waals surface area contributed by atoms with Crippen molar-refractivity contribution in [1.29, 1.82) is 0 Å². The Morgan fingerprint density at radius 1 is 1.07 bits per heavy atom. The molecule has 1 unspecified atom stereocenters. The molecule has 28 heavy (non-hydrogen) atoms. The van der Waals surface area contributed by atoms with Gasteiger partial charge in [-0.15, -0.1) is 0 Å². The molecule has 2 N–H and O–H groups in total. The summed E-state index contributed by atoms with van der Waals surface area (Å²) in [4.78, 5) is 48.2. The molecule has 1 saturated heterocycles. The van der Waals surface area contributed by atoms with Crippen LogP contribution in [0.3, 0.4) is 0 Å². The molecule has 1 aliphatic heterocycles. The summed E-state index contributed by atoms with van der Waals surface area (Å²) in [6.07, 6.45) is 0.587. The summed E-state index contributed by atoms with van der Waals surface area (Å²) < 4.78 is 5.73. The van der Waals surface area contributed by atoms with Gasteiger partial charge in [-0.3, -0.25) is 29.9 Å². The number of carbonyl (C=O) groups excluding carboxylic acids is 4. The third kappa shape index (κ3) is 3.85. The minimum atomic E-state index is -1.25. The van der Waals surface area contributed by atoms with Gasteiger partial charge in [0.05, 0.1) is 0 Å². The number of anilines is 1. The van der Waals surface area contributed by atoms with Gasteiger partial charge in [0.1, 0.15) is 17.0 Å². The largest absolute Gasteiger partial charge is 0.457 e. The Kier molecular flexibility index (Phi) is 5.39. The van der Waals surface area contributed by atoms with E-state index in [0.717, 1.165) is 0 Å². The molecule has 2 aromatic rings. The number of hydrogen-bond donors (Lipinski definition) is 2. The maximum absolute atomic E-state index is 12.6. The summed E-state index contributed by atoms with van der Waals surface area (Å²) >= 11 is 0. The van der Waals surface area contributed by atoms with Crippen molar-refractivity contribution in [2.75, 3.05) is 4.90 Å². The van der Waals surface area contributed by atoms with Gasteiger partial charge in [0.2, 0.25) is 12.3 Å². The van der Waals surface area contributed by atoms with Crippen LogP contribution in [0, 0.1) is 0 Å². The summed E-state index contributed by atoms with van der Waals surface area (Å²) in [6.45, 7) is 1.58. The van der Waals surface area contributed by atoms with Gasteiger partial charge in [-0.05, 0) is 49.7 Å².